The van der Waals surface area contributed by atoms with Gasteiger partial charge in [-0.05, 0) is 44.9 Å². The second-order valence-electron chi connectivity index (χ2n) is 16.3. The molecule has 68 heavy (non-hydrogen) atoms. The fourth-order valence-electron chi connectivity index (χ4n) is 6.46. The number of thioether (sulfide) groups is 1. The average molecular weight is 1040 g/mol. The Kier molecular flexibility index (Phi) is 25.6. The maximum Gasteiger partial charge on any atom is 0.274 e. The van der Waals surface area contributed by atoms with Gasteiger partial charge in [0.2, 0.25) is 11.8 Å². The maximum atomic E-state index is 12.6. The van der Waals surface area contributed by atoms with E-state index in [9.17, 15) is 57.9 Å². The highest BCUT2D eigenvalue weighted by atomic mass is 32.2. The first-order valence-corrected chi connectivity index (χ1v) is 27.3. The van der Waals surface area contributed by atoms with Crippen LogP contribution in [0.3, 0.4) is 0 Å². The highest BCUT2D eigenvalue weighted by Crippen LogP contribution is 2.56. The van der Waals surface area contributed by atoms with E-state index in [1.807, 2.05) is 0 Å². The molecule has 7 atom stereocenters. The van der Waals surface area contributed by atoms with Crippen molar-refractivity contribution in [1.29, 1.82) is 0 Å². The van der Waals surface area contributed by atoms with Crippen molar-refractivity contribution >= 4 is 69.1 Å². The SMILES string of the molecule is CC(C)(COP(=O)([O-])OP(=O)([O-])OC[C@H]1O[C@@H](n2cnc3c(N)ncnc32)[C@H](O)[C@@H]1OP(=O)([O-])[O-])[C@@H](O)C(=O)NCCC(=O)NCCSC(=O)CCCCCCC/C=C\C/C=C\CCCCCO. The summed E-state index contributed by atoms with van der Waals surface area (Å²) in [6.07, 6.45) is 12.6. The minimum atomic E-state index is -5.92. The lowest BCUT2D eigenvalue weighted by Crippen LogP contribution is -2.46. The molecule has 0 aromatic carbocycles. The lowest BCUT2D eigenvalue weighted by atomic mass is 9.87. The summed E-state index contributed by atoms with van der Waals surface area (Å²) in [5, 5.41) is 35.2. The summed E-state index contributed by atoms with van der Waals surface area (Å²) in [6.45, 7) is 0.380. The number of phosphoric ester groups is 3. The third-order valence-electron chi connectivity index (χ3n) is 10.1. The number of rotatable bonds is 34. The van der Waals surface area contributed by atoms with Crippen molar-refractivity contribution in [2.75, 3.05) is 44.4 Å². The van der Waals surface area contributed by atoms with Gasteiger partial charge in [0.1, 0.15) is 36.3 Å². The Morgan fingerprint density at radius 2 is 1.56 bits per heavy atom. The lowest BCUT2D eigenvalue weighted by Gasteiger charge is -2.36. The van der Waals surface area contributed by atoms with Crippen LogP contribution in [0.25, 0.3) is 11.2 Å². The van der Waals surface area contributed by atoms with Crippen LogP contribution in [0.1, 0.15) is 104 Å². The maximum absolute atomic E-state index is 12.6. The van der Waals surface area contributed by atoms with Gasteiger partial charge in [-0.1, -0.05) is 75.6 Å². The molecule has 29 heteroatoms. The van der Waals surface area contributed by atoms with Crippen LogP contribution in [0.4, 0.5) is 5.82 Å². The Morgan fingerprint density at radius 3 is 2.24 bits per heavy atom. The van der Waals surface area contributed by atoms with E-state index in [0.29, 0.717) is 12.2 Å². The van der Waals surface area contributed by atoms with Crippen LogP contribution < -0.4 is 35.9 Å². The number of aliphatic hydroxyl groups is 3. The minimum Gasteiger partial charge on any atom is -0.790 e. The van der Waals surface area contributed by atoms with Crippen LogP contribution in [-0.2, 0) is 50.7 Å². The van der Waals surface area contributed by atoms with Gasteiger partial charge in [-0.3, -0.25) is 28.1 Å². The highest BCUT2D eigenvalue weighted by molar-refractivity contribution is 8.13. The second-order valence-corrected chi connectivity index (χ2v) is 21.5. The van der Waals surface area contributed by atoms with Gasteiger partial charge in [-0.25, -0.2) is 19.3 Å². The number of nitrogen functional groups attached to an aromatic ring is 1. The summed E-state index contributed by atoms with van der Waals surface area (Å²) in [5.41, 5.74) is 4.08. The zero-order chi connectivity index (χ0) is 50.4. The molecule has 0 aliphatic carbocycles. The number of carbonyl (C=O) groups is 3. The van der Waals surface area contributed by atoms with Crippen molar-refractivity contribution in [1.82, 2.24) is 30.2 Å². The van der Waals surface area contributed by atoms with Crippen molar-refractivity contribution in [2.24, 2.45) is 5.41 Å². The van der Waals surface area contributed by atoms with Crippen LogP contribution in [0.5, 0.6) is 0 Å². The van der Waals surface area contributed by atoms with E-state index in [1.54, 1.807) is 0 Å². The van der Waals surface area contributed by atoms with Gasteiger partial charge in [0.05, 0.1) is 27.4 Å². The molecule has 1 aliphatic heterocycles. The van der Waals surface area contributed by atoms with Gasteiger partial charge < -0.3 is 74.1 Å². The number of phosphoric acid groups is 3. The number of nitrogens with zero attached hydrogens (tertiary/aromatic N) is 4. The number of hydrogen-bond acceptors (Lipinski definition) is 23. The predicted octanol–water partition coefficient (Wildman–Crippen LogP) is 0.923. The number of anilines is 1. The summed E-state index contributed by atoms with van der Waals surface area (Å²) >= 11 is 1.12. The Hall–Kier alpha value is -3.00. The zero-order valence-electron chi connectivity index (χ0n) is 37.9. The molecule has 2 unspecified atom stereocenters. The number of fused-ring (bicyclic) bond motifs is 1. The number of amides is 2. The van der Waals surface area contributed by atoms with E-state index in [2.05, 4.69) is 67.8 Å². The van der Waals surface area contributed by atoms with E-state index in [4.69, 9.17) is 15.6 Å². The molecule has 0 radical (unpaired) electrons. The first kappa shape index (κ1) is 59.3. The number of ether oxygens (including phenoxy) is 1. The third-order valence-corrected chi connectivity index (χ3v) is 14.1. The van der Waals surface area contributed by atoms with E-state index >= 15 is 0 Å². The average Bonchev–Trinajstić information content (AvgIpc) is 3.83. The number of unbranched alkanes of at least 4 members (excludes halogenated alkanes) is 8. The number of aliphatic hydroxyl groups excluding tert-OH is 3. The second kappa shape index (κ2) is 29.4. The molecule has 2 aromatic rings. The monoisotopic (exact) mass is 1040 g/mol. The number of carbonyl (C=O) groups excluding carboxylic acids is 3. The molecule has 1 aliphatic rings. The Bertz CT molecular complexity index is 2110. The third kappa shape index (κ3) is 22.0. The Labute approximate surface area is 398 Å². The number of imidazole rings is 1. The van der Waals surface area contributed by atoms with Gasteiger partial charge in [0.15, 0.2) is 22.8 Å². The molecule has 7 N–H and O–H groups in total. The highest BCUT2D eigenvalue weighted by Gasteiger charge is 2.47. The largest absolute Gasteiger partial charge is 0.790 e. The fraction of sp³-hybridized carbons (Fsp3) is 0.692. The summed E-state index contributed by atoms with van der Waals surface area (Å²) in [6, 6.07) is 0. The smallest absolute Gasteiger partial charge is 0.274 e. The molecule has 1 saturated heterocycles. The molecule has 2 aromatic heterocycles. The van der Waals surface area contributed by atoms with E-state index in [-0.39, 0.29) is 48.2 Å². The van der Waals surface area contributed by atoms with Crippen LogP contribution in [-0.4, -0.2) is 115 Å². The van der Waals surface area contributed by atoms with Crippen molar-refractivity contribution in [3.63, 3.8) is 0 Å². The zero-order valence-corrected chi connectivity index (χ0v) is 41.4. The molecule has 25 nitrogen and oxygen atoms in total. The van der Waals surface area contributed by atoms with Crippen molar-refractivity contribution in [3.05, 3.63) is 37.0 Å². The Balaban J connectivity index is 1.30. The minimum absolute atomic E-state index is 0.0218. The number of aromatic nitrogens is 4. The van der Waals surface area contributed by atoms with Gasteiger partial charge in [-0.2, -0.15) is 0 Å². The molecule has 0 bridgehead atoms. The number of nitrogens with one attached hydrogen (secondary N) is 2. The molecule has 3 heterocycles. The number of allylic oxidation sites excluding steroid dienone is 4. The van der Waals surface area contributed by atoms with E-state index in [0.717, 1.165) is 99.6 Å². The van der Waals surface area contributed by atoms with Gasteiger partial charge in [-0.15, -0.1) is 0 Å². The summed E-state index contributed by atoms with van der Waals surface area (Å²) in [4.78, 5) is 96.8. The van der Waals surface area contributed by atoms with Gasteiger partial charge >= 0.3 is 0 Å². The predicted molar refractivity (Wildman–Crippen MR) is 239 cm³/mol. The number of hydrogen-bond donors (Lipinski definition) is 6. The molecule has 0 saturated carbocycles. The van der Waals surface area contributed by atoms with Crippen LogP contribution in [0.15, 0.2) is 37.0 Å². The van der Waals surface area contributed by atoms with Gasteiger partial charge in [0, 0.05) is 43.7 Å². The van der Waals surface area contributed by atoms with E-state index < -0.39 is 84.6 Å². The van der Waals surface area contributed by atoms with Gasteiger partial charge in [0.25, 0.3) is 15.6 Å². The van der Waals surface area contributed by atoms with E-state index in [1.165, 1.54) is 13.8 Å². The summed E-state index contributed by atoms with van der Waals surface area (Å²) in [5.74, 6) is -1.17. The fourth-order valence-corrected chi connectivity index (χ4v) is 9.92. The molecule has 1 fully saturated rings. The standard InChI is InChI=1S/C39H66N7O18P3S/c1-39(2,34(51)37(52)42-20-19-29(48)41-21-23-68-30(49)18-16-14-12-10-8-6-4-3-5-7-9-11-13-15-17-22-47)25-61-67(58,59)64-66(56,57)60-24-28-33(63-65(53,54)55)32(50)38(62-28)46-27-45-31-35(40)43-26-44-36(31)46/h3-4,7,9,26-28,32-34,38,47,50-51H,5-6,8,10-25H2,1-2H3,(H,41,48)(H,42,52)(H,56,57)(H,58,59)(H2,40,43,44)(H2,53,54,55)/p-4/b4-3-,9-7-/t28-,32-,33-,34+,38-/m1/s1. The van der Waals surface area contributed by atoms with Crippen LogP contribution >= 0.6 is 35.2 Å². The van der Waals surface area contributed by atoms with Crippen molar-refractivity contribution in [2.45, 2.75) is 128 Å². The topological polar surface area (TPSA) is 395 Å². The molecular weight excluding hydrogens is 979 g/mol. The Morgan fingerprint density at radius 1 is 0.912 bits per heavy atom. The van der Waals surface area contributed by atoms with Crippen LogP contribution in [0.2, 0.25) is 0 Å². The normalized spacial score (nSPS) is 20.2. The molecule has 0 spiro atoms. The molecule has 386 valence electrons. The molecular formula is C39H62N7O18P3S-4. The summed E-state index contributed by atoms with van der Waals surface area (Å²) in [7, 11) is -17.6. The number of nitrogens with two attached hydrogens (primary N) is 1. The molecule has 3 rings (SSSR count). The summed E-state index contributed by atoms with van der Waals surface area (Å²) < 4.78 is 60.8. The first-order valence-electron chi connectivity index (χ1n) is 21.9. The molecule has 2 amide bonds. The van der Waals surface area contributed by atoms with Crippen LogP contribution in [0, 0.1) is 5.41 Å². The van der Waals surface area contributed by atoms with Crippen molar-refractivity contribution in [3.8, 4) is 0 Å². The quantitative estimate of drug-likeness (QED) is 0.0322. The van der Waals surface area contributed by atoms with Crippen molar-refractivity contribution < 1.29 is 85.6 Å². The lowest BCUT2D eigenvalue weighted by molar-refractivity contribution is -0.347. The first-order chi connectivity index (χ1) is 32.1.